The first kappa shape index (κ1) is 24.5. The van der Waals surface area contributed by atoms with Crippen LogP contribution in [0.25, 0.3) is 0 Å². The highest BCUT2D eigenvalue weighted by molar-refractivity contribution is 14.0. The first-order valence-corrected chi connectivity index (χ1v) is 10.8. The number of hydrogen-bond donors (Lipinski definition) is 1. The molecule has 1 aromatic rings. The van der Waals surface area contributed by atoms with Gasteiger partial charge in [-0.25, -0.2) is 0 Å². The van der Waals surface area contributed by atoms with E-state index in [-0.39, 0.29) is 24.0 Å². The van der Waals surface area contributed by atoms with Crippen LogP contribution in [0.2, 0.25) is 5.02 Å². The highest BCUT2D eigenvalue weighted by Gasteiger charge is 2.20. The summed E-state index contributed by atoms with van der Waals surface area (Å²) >= 11 is 6.33. The molecule has 6 nitrogen and oxygen atoms in total. The van der Waals surface area contributed by atoms with Crippen molar-refractivity contribution >= 4 is 47.2 Å². The Labute approximate surface area is 197 Å². The van der Waals surface area contributed by atoms with Crippen molar-refractivity contribution < 1.29 is 4.74 Å². The molecule has 0 amide bonds. The molecule has 2 aliphatic rings. The smallest absolute Gasteiger partial charge is 0.193 e. The van der Waals surface area contributed by atoms with Gasteiger partial charge in [-0.15, -0.1) is 24.0 Å². The standard InChI is InChI=1S/C21H34ClN5O.HI/c1-23-21(25(2)16-18-8-15-28-17-18)24-9-5-10-26-11-13-27(14-12-26)20-7-4-3-6-19(20)22;/h3-4,6-7,18H,5,8-17H2,1-2H3,(H,23,24);1H. The number of guanidine groups is 1. The Kier molecular flexibility index (Phi) is 10.8. The minimum absolute atomic E-state index is 0. The van der Waals surface area contributed by atoms with E-state index in [2.05, 4.69) is 44.2 Å². The van der Waals surface area contributed by atoms with Gasteiger partial charge >= 0.3 is 0 Å². The predicted octanol–water partition coefficient (Wildman–Crippen LogP) is 3.01. The summed E-state index contributed by atoms with van der Waals surface area (Å²) in [7, 11) is 3.97. The van der Waals surface area contributed by atoms with E-state index >= 15 is 0 Å². The molecule has 1 unspecified atom stereocenters. The lowest BCUT2D eigenvalue weighted by Gasteiger charge is -2.36. The van der Waals surface area contributed by atoms with Gasteiger partial charge in [-0.2, -0.15) is 0 Å². The second-order valence-corrected chi connectivity index (χ2v) is 8.12. The zero-order valence-corrected chi connectivity index (χ0v) is 20.7. The van der Waals surface area contributed by atoms with Crippen LogP contribution in [0.1, 0.15) is 12.8 Å². The molecule has 2 saturated heterocycles. The van der Waals surface area contributed by atoms with Crippen molar-refractivity contribution in [2.45, 2.75) is 12.8 Å². The number of para-hydroxylation sites is 1. The number of halogens is 2. The fourth-order valence-electron chi connectivity index (χ4n) is 4.01. The summed E-state index contributed by atoms with van der Waals surface area (Å²) in [5.41, 5.74) is 1.16. The third-order valence-electron chi connectivity index (χ3n) is 5.63. The van der Waals surface area contributed by atoms with E-state index in [0.717, 1.165) is 88.5 Å². The predicted molar refractivity (Wildman–Crippen MR) is 133 cm³/mol. The quantitative estimate of drug-likeness (QED) is 0.252. The van der Waals surface area contributed by atoms with Crippen molar-refractivity contribution in [2.24, 2.45) is 10.9 Å². The summed E-state index contributed by atoms with van der Waals surface area (Å²) in [5.74, 6) is 1.61. The summed E-state index contributed by atoms with van der Waals surface area (Å²) in [6.07, 6.45) is 2.27. The molecule has 0 bridgehead atoms. The molecule has 3 rings (SSSR count). The van der Waals surface area contributed by atoms with Crippen LogP contribution in [0, 0.1) is 5.92 Å². The van der Waals surface area contributed by atoms with Gasteiger partial charge in [0.15, 0.2) is 5.96 Å². The van der Waals surface area contributed by atoms with Gasteiger partial charge in [-0.3, -0.25) is 9.89 Å². The molecule has 1 atom stereocenters. The molecular formula is C21H35ClIN5O. The van der Waals surface area contributed by atoms with Gasteiger partial charge < -0.3 is 19.9 Å². The Balaban J connectivity index is 0.00000300. The maximum absolute atomic E-state index is 6.33. The van der Waals surface area contributed by atoms with E-state index in [1.54, 1.807) is 0 Å². The number of nitrogens with one attached hydrogen (secondary N) is 1. The number of rotatable bonds is 7. The number of anilines is 1. The third kappa shape index (κ3) is 7.45. The Bertz CT molecular complexity index is 633. The van der Waals surface area contributed by atoms with Gasteiger partial charge in [0, 0.05) is 65.9 Å². The largest absolute Gasteiger partial charge is 0.381 e. The summed E-state index contributed by atoms with van der Waals surface area (Å²) in [5, 5.41) is 4.35. The first-order valence-electron chi connectivity index (χ1n) is 10.4. The van der Waals surface area contributed by atoms with E-state index in [1.165, 1.54) is 0 Å². The van der Waals surface area contributed by atoms with Crippen LogP contribution in [0.15, 0.2) is 29.3 Å². The monoisotopic (exact) mass is 535 g/mol. The van der Waals surface area contributed by atoms with Crippen LogP contribution in [0.4, 0.5) is 5.69 Å². The molecule has 2 fully saturated rings. The average Bonchev–Trinajstić information content (AvgIpc) is 3.22. The fraction of sp³-hybridized carbons (Fsp3) is 0.667. The molecule has 8 heteroatoms. The molecule has 1 aromatic carbocycles. The van der Waals surface area contributed by atoms with Crippen LogP contribution in [-0.4, -0.2) is 88.9 Å². The van der Waals surface area contributed by atoms with Gasteiger partial charge in [0.05, 0.1) is 17.3 Å². The second kappa shape index (κ2) is 12.8. The number of piperazine rings is 1. The van der Waals surface area contributed by atoms with Crippen LogP contribution < -0.4 is 10.2 Å². The Morgan fingerprint density at radius 2 is 2.03 bits per heavy atom. The minimum atomic E-state index is 0. The van der Waals surface area contributed by atoms with Crippen LogP contribution >= 0.6 is 35.6 Å². The fourth-order valence-corrected chi connectivity index (χ4v) is 4.26. The number of ether oxygens (including phenoxy) is 1. The minimum Gasteiger partial charge on any atom is -0.381 e. The molecule has 29 heavy (non-hydrogen) atoms. The van der Waals surface area contributed by atoms with Gasteiger partial charge in [0.25, 0.3) is 0 Å². The second-order valence-electron chi connectivity index (χ2n) is 7.72. The molecule has 1 N–H and O–H groups in total. The zero-order valence-electron chi connectivity index (χ0n) is 17.6. The molecule has 0 radical (unpaired) electrons. The van der Waals surface area contributed by atoms with Crippen molar-refractivity contribution in [3.8, 4) is 0 Å². The normalized spacial score (nSPS) is 20.4. The highest BCUT2D eigenvalue weighted by Crippen LogP contribution is 2.25. The molecule has 0 aliphatic carbocycles. The maximum atomic E-state index is 6.33. The summed E-state index contributed by atoms with van der Waals surface area (Å²) in [6, 6.07) is 8.13. The SMILES string of the molecule is CN=C(NCCCN1CCN(c2ccccc2Cl)CC1)N(C)CC1CCOC1.I. The van der Waals surface area contributed by atoms with Crippen molar-refractivity contribution in [1.82, 2.24) is 15.1 Å². The van der Waals surface area contributed by atoms with Crippen molar-refractivity contribution in [1.29, 1.82) is 0 Å². The molecule has 0 saturated carbocycles. The average molecular weight is 536 g/mol. The third-order valence-corrected chi connectivity index (χ3v) is 5.95. The lowest BCUT2D eigenvalue weighted by atomic mass is 10.1. The molecule has 164 valence electrons. The number of nitrogens with zero attached hydrogens (tertiary/aromatic N) is 4. The van der Waals surface area contributed by atoms with Crippen LogP contribution in [0.3, 0.4) is 0 Å². The Morgan fingerprint density at radius 3 is 2.69 bits per heavy atom. The summed E-state index contributed by atoms with van der Waals surface area (Å²) in [4.78, 5) is 11.6. The molecule has 2 aliphatic heterocycles. The lowest BCUT2D eigenvalue weighted by molar-refractivity contribution is 0.181. The van der Waals surface area contributed by atoms with Gasteiger partial charge in [0.1, 0.15) is 0 Å². The lowest BCUT2D eigenvalue weighted by Crippen LogP contribution is -2.47. The maximum Gasteiger partial charge on any atom is 0.193 e. The van der Waals surface area contributed by atoms with Gasteiger partial charge in [-0.05, 0) is 31.5 Å². The first-order chi connectivity index (χ1) is 13.7. The molecular weight excluding hydrogens is 501 g/mol. The zero-order chi connectivity index (χ0) is 19.8. The van der Waals surface area contributed by atoms with E-state index in [9.17, 15) is 0 Å². The van der Waals surface area contributed by atoms with Crippen LogP contribution in [0.5, 0.6) is 0 Å². The van der Waals surface area contributed by atoms with Gasteiger partial charge in [-0.1, -0.05) is 23.7 Å². The molecule has 0 aromatic heterocycles. The molecule has 2 heterocycles. The topological polar surface area (TPSA) is 43.3 Å². The molecule has 0 spiro atoms. The van der Waals surface area contributed by atoms with E-state index < -0.39 is 0 Å². The Hall–Kier alpha value is -0.770. The number of benzene rings is 1. The number of hydrogen-bond acceptors (Lipinski definition) is 4. The Morgan fingerprint density at radius 1 is 1.28 bits per heavy atom. The van der Waals surface area contributed by atoms with E-state index in [0.29, 0.717) is 5.92 Å². The van der Waals surface area contributed by atoms with Crippen LogP contribution in [-0.2, 0) is 4.74 Å². The summed E-state index contributed by atoms with van der Waals surface area (Å²) < 4.78 is 5.48. The van der Waals surface area contributed by atoms with E-state index in [4.69, 9.17) is 16.3 Å². The summed E-state index contributed by atoms with van der Waals surface area (Å²) in [6.45, 7) is 9.07. The van der Waals surface area contributed by atoms with Crippen molar-refractivity contribution in [3.63, 3.8) is 0 Å². The van der Waals surface area contributed by atoms with Crippen molar-refractivity contribution in [2.75, 3.05) is 78.0 Å². The highest BCUT2D eigenvalue weighted by atomic mass is 127. The van der Waals surface area contributed by atoms with Gasteiger partial charge in [0.2, 0.25) is 0 Å². The number of aliphatic imine (C=N–C) groups is 1. The van der Waals surface area contributed by atoms with Crippen molar-refractivity contribution in [3.05, 3.63) is 29.3 Å². The van der Waals surface area contributed by atoms with E-state index in [1.807, 2.05) is 19.2 Å².